The number of ether oxygens (including phenoxy) is 3. The van der Waals surface area contributed by atoms with E-state index in [1.807, 2.05) is 6.07 Å². The van der Waals surface area contributed by atoms with Gasteiger partial charge in [-0.1, -0.05) is 18.9 Å². The van der Waals surface area contributed by atoms with Crippen LogP contribution in [0.4, 0.5) is 0 Å². The molecule has 0 spiro atoms. The van der Waals surface area contributed by atoms with Crippen LogP contribution in [0.2, 0.25) is 0 Å². The number of amides is 1. The molecule has 0 unspecified atom stereocenters. The van der Waals surface area contributed by atoms with E-state index in [2.05, 4.69) is 5.32 Å². The predicted octanol–water partition coefficient (Wildman–Crippen LogP) is 2.21. The van der Waals surface area contributed by atoms with Crippen molar-refractivity contribution in [2.24, 2.45) is 0 Å². The molecule has 138 valence electrons. The van der Waals surface area contributed by atoms with Crippen LogP contribution in [0.1, 0.15) is 31.2 Å². The van der Waals surface area contributed by atoms with Crippen molar-refractivity contribution in [1.82, 2.24) is 5.32 Å². The molecule has 1 aliphatic rings. The van der Waals surface area contributed by atoms with Crippen LogP contribution >= 0.6 is 0 Å². The molecular weight excluding hydrogens is 336 g/mol. The Balaban J connectivity index is 1.83. The van der Waals surface area contributed by atoms with Crippen LogP contribution in [0.5, 0.6) is 11.5 Å². The Morgan fingerprint density at radius 3 is 2.77 bits per heavy atom. The highest BCUT2D eigenvalue weighted by molar-refractivity contribution is 5.89. The van der Waals surface area contributed by atoms with Crippen molar-refractivity contribution in [1.29, 1.82) is 5.26 Å². The van der Waals surface area contributed by atoms with E-state index >= 15 is 0 Å². The topological polar surface area (TPSA) is 97.7 Å². The van der Waals surface area contributed by atoms with Gasteiger partial charge in [-0.2, -0.15) is 5.26 Å². The van der Waals surface area contributed by atoms with Crippen molar-refractivity contribution in [2.75, 3.05) is 20.3 Å². The number of esters is 1. The molecule has 0 aliphatic heterocycles. The Hall–Kier alpha value is -3.01. The van der Waals surface area contributed by atoms with Crippen molar-refractivity contribution in [3.8, 4) is 17.6 Å². The van der Waals surface area contributed by atoms with Gasteiger partial charge in [-0.3, -0.25) is 4.79 Å². The van der Waals surface area contributed by atoms with E-state index in [1.54, 1.807) is 24.3 Å². The van der Waals surface area contributed by atoms with E-state index in [0.29, 0.717) is 17.1 Å². The molecule has 0 heterocycles. The van der Waals surface area contributed by atoms with E-state index in [4.69, 9.17) is 19.5 Å². The molecule has 7 heteroatoms. The summed E-state index contributed by atoms with van der Waals surface area (Å²) < 4.78 is 15.4. The molecule has 1 saturated carbocycles. The largest absolute Gasteiger partial charge is 0.493 e. The van der Waals surface area contributed by atoms with Crippen LogP contribution in [0.25, 0.3) is 6.08 Å². The minimum Gasteiger partial charge on any atom is -0.493 e. The maximum atomic E-state index is 11.7. The number of carbonyl (C=O) groups is 2. The lowest BCUT2D eigenvalue weighted by molar-refractivity contribution is -0.144. The van der Waals surface area contributed by atoms with Gasteiger partial charge in [0.2, 0.25) is 0 Å². The van der Waals surface area contributed by atoms with Crippen LogP contribution in [0.3, 0.4) is 0 Å². The van der Waals surface area contributed by atoms with Crippen molar-refractivity contribution in [3.63, 3.8) is 0 Å². The summed E-state index contributed by atoms with van der Waals surface area (Å²) in [7, 11) is 1.49. The number of nitrogens with zero attached hydrogens (tertiary/aromatic N) is 1. The molecule has 1 aromatic rings. The Morgan fingerprint density at radius 1 is 1.31 bits per heavy atom. The van der Waals surface area contributed by atoms with Crippen LogP contribution in [-0.2, 0) is 14.3 Å². The van der Waals surface area contributed by atoms with Crippen LogP contribution in [-0.4, -0.2) is 38.2 Å². The van der Waals surface area contributed by atoms with Gasteiger partial charge >= 0.3 is 5.97 Å². The summed E-state index contributed by atoms with van der Waals surface area (Å²) in [5.41, 5.74) is 0.693. The van der Waals surface area contributed by atoms with Crippen molar-refractivity contribution >= 4 is 18.0 Å². The standard InChI is InChI=1S/C19H22N2O5/c1-24-17-12-14(6-8-16(17)25-11-10-20)7-9-19(23)26-13-18(22)21-15-4-2-3-5-15/h6-9,12,15H,2-5,11,13H2,1H3,(H,21,22)/b9-7+. The summed E-state index contributed by atoms with van der Waals surface area (Å²) >= 11 is 0. The monoisotopic (exact) mass is 358 g/mol. The highest BCUT2D eigenvalue weighted by Crippen LogP contribution is 2.28. The van der Waals surface area contributed by atoms with E-state index < -0.39 is 5.97 Å². The zero-order valence-electron chi connectivity index (χ0n) is 14.7. The van der Waals surface area contributed by atoms with Gasteiger partial charge in [-0.05, 0) is 36.6 Å². The molecule has 1 aliphatic carbocycles. The molecule has 1 fully saturated rings. The maximum absolute atomic E-state index is 11.7. The SMILES string of the molecule is COc1cc(/C=C/C(=O)OCC(=O)NC2CCCC2)ccc1OCC#N. The molecule has 2 rings (SSSR count). The molecule has 7 nitrogen and oxygen atoms in total. The second-order valence-corrected chi connectivity index (χ2v) is 5.85. The summed E-state index contributed by atoms with van der Waals surface area (Å²) in [6.07, 6.45) is 7.00. The Kier molecular flexibility index (Phi) is 7.49. The quantitative estimate of drug-likeness (QED) is 0.565. The van der Waals surface area contributed by atoms with Gasteiger partial charge in [-0.15, -0.1) is 0 Å². The number of rotatable bonds is 8. The lowest BCUT2D eigenvalue weighted by atomic mass is 10.2. The van der Waals surface area contributed by atoms with Gasteiger partial charge < -0.3 is 19.5 Å². The van der Waals surface area contributed by atoms with Crippen molar-refractivity contribution in [3.05, 3.63) is 29.8 Å². The minimum absolute atomic E-state index is 0.0825. The first-order valence-corrected chi connectivity index (χ1v) is 8.44. The highest BCUT2D eigenvalue weighted by Gasteiger charge is 2.17. The second-order valence-electron chi connectivity index (χ2n) is 5.85. The maximum Gasteiger partial charge on any atom is 0.331 e. The normalized spacial score (nSPS) is 14.0. The lowest BCUT2D eigenvalue weighted by Crippen LogP contribution is -2.35. The molecule has 1 N–H and O–H groups in total. The van der Waals surface area contributed by atoms with Gasteiger partial charge in [0.25, 0.3) is 5.91 Å². The number of nitriles is 1. The third kappa shape index (κ3) is 6.13. The smallest absolute Gasteiger partial charge is 0.331 e. The zero-order chi connectivity index (χ0) is 18.8. The third-order valence-corrected chi connectivity index (χ3v) is 3.96. The van der Waals surface area contributed by atoms with E-state index in [9.17, 15) is 9.59 Å². The number of methoxy groups -OCH3 is 1. The summed E-state index contributed by atoms with van der Waals surface area (Å²) in [6, 6.07) is 7.12. The van der Waals surface area contributed by atoms with Gasteiger partial charge in [0.1, 0.15) is 6.07 Å². The fraction of sp³-hybridized carbons (Fsp3) is 0.421. The molecule has 1 aromatic carbocycles. The summed E-state index contributed by atoms with van der Waals surface area (Å²) in [6.45, 7) is -0.370. The summed E-state index contributed by atoms with van der Waals surface area (Å²) in [4.78, 5) is 23.5. The number of hydrogen-bond acceptors (Lipinski definition) is 6. The van der Waals surface area contributed by atoms with Gasteiger partial charge in [0.15, 0.2) is 24.7 Å². The second kappa shape index (κ2) is 10.1. The molecular formula is C19H22N2O5. The number of hydrogen-bond donors (Lipinski definition) is 1. The Bertz CT molecular complexity index is 702. The van der Waals surface area contributed by atoms with Gasteiger partial charge in [0, 0.05) is 12.1 Å². The van der Waals surface area contributed by atoms with E-state index in [0.717, 1.165) is 25.7 Å². The van der Waals surface area contributed by atoms with Crippen LogP contribution < -0.4 is 14.8 Å². The lowest BCUT2D eigenvalue weighted by Gasteiger charge is -2.11. The first-order valence-electron chi connectivity index (χ1n) is 8.44. The zero-order valence-corrected chi connectivity index (χ0v) is 14.7. The molecule has 0 radical (unpaired) electrons. The van der Waals surface area contributed by atoms with Crippen molar-refractivity contribution < 1.29 is 23.8 Å². The molecule has 0 saturated heterocycles. The third-order valence-electron chi connectivity index (χ3n) is 3.96. The van der Waals surface area contributed by atoms with E-state index in [1.165, 1.54) is 13.2 Å². The number of benzene rings is 1. The minimum atomic E-state index is -0.602. The number of carbonyl (C=O) groups excluding carboxylic acids is 2. The predicted molar refractivity (Wildman–Crippen MR) is 94.5 cm³/mol. The van der Waals surface area contributed by atoms with Gasteiger partial charge in [-0.25, -0.2) is 4.79 Å². The molecule has 0 bridgehead atoms. The average molecular weight is 358 g/mol. The Labute approximate surface area is 152 Å². The molecule has 0 aromatic heterocycles. The molecule has 26 heavy (non-hydrogen) atoms. The Morgan fingerprint density at radius 2 is 2.08 bits per heavy atom. The first-order chi connectivity index (χ1) is 12.6. The van der Waals surface area contributed by atoms with Crippen LogP contribution in [0, 0.1) is 11.3 Å². The van der Waals surface area contributed by atoms with Crippen LogP contribution in [0.15, 0.2) is 24.3 Å². The first kappa shape index (κ1) is 19.3. The highest BCUT2D eigenvalue weighted by atomic mass is 16.5. The molecule has 0 atom stereocenters. The summed E-state index contributed by atoms with van der Waals surface area (Å²) in [5.74, 6) is 0.0127. The average Bonchev–Trinajstić information content (AvgIpc) is 3.16. The fourth-order valence-electron chi connectivity index (χ4n) is 2.71. The summed E-state index contributed by atoms with van der Waals surface area (Å²) in [5, 5.41) is 11.4. The van der Waals surface area contributed by atoms with E-state index in [-0.39, 0.29) is 25.2 Å². The van der Waals surface area contributed by atoms with Crippen molar-refractivity contribution in [2.45, 2.75) is 31.7 Å². The fourth-order valence-corrected chi connectivity index (χ4v) is 2.71. The number of nitrogens with one attached hydrogen (secondary N) is 1. The molecule has 1 amide bonds. The van der Waals surface area contributed by atoms with Gasteiger partial charge in [0.05, 0.1) is 7.11 Å².